The third-order valence-corrected chi connectivity index (χ3v) is 1.49. The molecular weight excluding hydrogens is 176 g/mol. The van der Waals surface area contributed by atoms with Crippen LogP contribution in [0.2, 0.25) is 0 Å². The molecule has 0 saturated heterocycles. The monoisotopic (exact) mass is 194 g/mol. The fourth-order valence-corrected chi connectivity index (χ4v) is 0.263. The van der Waals surface area contributed by atoms with Gasteiger partial charge in [-0.1, -0.05) is 0 Å². The summed E-state index contributed by atoms with van der Waals surface area (Å²) in [4.78, 5) is 10.3. The summed E-state index contributed by atoms with van der Waals surface area (Å²) in [5.74, 6) is -0.562. The average Bonchev–Trinajstić information content (AvgIpc) is 2.05. The Kier molecular flexibility index (Phi) is 12.5. The number of rotatable bonds is 3. The van der Waals surface area contributed by atoms with Crippen molar-refractivity contribution in [3.63, 3.8) is 0 Å². The first-order valence-electron chi connectivity index (χ1n) is 3.93. The Balaban J connectivity index is 0. The third-order valence-electron chi connectivity index (χ3n) is 0.916. The molecule has 0 heterocycles. The minimum atomic E-state index is -0.991. The standard InChI is InChI=1S/C5H10O3.C2H8OSi/c1-3-8-5(7)4(2)6;1-2-3-4/h4,6H,3H2,1-2H3;2H2,1,4H3. The summed E-state index contributed by atoms with van der Waals surface area (Å²) >= 11 is 0. The van der Waals surface area contributed by atoms with E-state index in [1.807, 2.05) is 6.92 Å². The second-order valence-electron chi connectivity index (χ2n) is 2.01. The van der Waals surface area contributed by atoms with Crippen molar-refractivity contribution in [2.24, 2.45) is 0 Å². The fourth-order valence-electron chi connectivity index (χ4n) is 0.263. The third kappa shape index (κ3) is 12.3. The predicted octanol–water partition coefficient (Wildman–Crippen LogP) is -0.766. The number of hydrogen-bond acceptors (Lipinski definition) is 4. The number of ether oxygens (including phenoxy) is 1. The van der Waals surface area contributed by atoms with Gasteiger partial charge in [0.1, 0.15) is 16.6 Å². The quantitative estimate of drug-likeness (QED) is 0.474. The molecule has 0 saturated carbocycles. The Bertz CT molecular complexity index is 104. The lowest BCUT2D eigenvalue weighted by atomic mass is 10.4. The number of esters is 1. The zero-order valence-corrected chi connectivity index (χ0v) is 10.2. The van der Waals surface area contributed by atoms with Crippen molar-refractivity contribution in [3.05, 3.63) is 0 Å². The Hall–Kier alpha value is -0.393. The predicted molar refractivity (Wildman–Crippen MR) is 49.9 cm³/mol. The number of carbonyl (C=O) groups excluding carboxylic acids is 1. The van der Waals surface area contributed by atoms with E-state index in [0.29, 0.717) is 6.61 Å². The Morgan fingerprint density at radius 3 is 2.00 bits per heavy atom. The van der Waals surface area contributed by atoms with Gasteiger partial charge in [-0.2, -0.15) is 0 Å². The molecule has 0 aromatic rings. The zero-order chi connectivity index (χ0) is 9.98. The summed E-state index contributed by atoms with van der Waals surface area (Å²) in [5.41, 5.74) is 0. The van der Waals surface area contributed by atoms with Gasteiger partial charge in [-0.15, -0.1) is 0 Å². The van der Waals surface area contributed by atoms with Gasteiger partial charge < -0.3 is 14.3 Å². The van der Waals surface area contributed by atoms with Crippen LogP contribution in [0.5, 0.6) is 0 Å². The molecule has 0 spiro atoms. The van der Waals surface area contributed by atoms with Crippen LogP contribution in [-0.4, -0.2) is 40.9 Å². The van der Waals surface area contributed by atoms with Gasteiger partial charge in [0, 0.05) is 6.61 Å². The molecule has 1 atom stereocenters. The highest BCUT2D eigenvalue weighted by molar-refractivity contribution is 5.97. The van der Waals surface area contributed by atoms with Crippen molar-refractivity contribution < 1.29 is 19.1 Å². The van der Waals surface area contributed by atoms with Crippen molar-refractivity contribution in [1.29, 1.82) is 0 Å². The summed E-state index contributed by atoms with van der Waals surface area (Å²) in [6.45, 7) is 6.27. The lowest BCUT2D eigenvalue weighted by Crippen LogP contribution is -2.18. The molecule has 0 radical (unpaired) electrons. The number of aliphatic hydroxyl groups excluding tert-OH is 1. The van der Waals surface area contributed by atoms with Crippen molar-refractivity contribution in [1.82, 2.24) is 0 Å². The van der Waals surface area contributed by atoms with E-state index in [4.69, 9.17) is 5.11 Å². The van der Waals surface area contributed by atoms with Crippen LogP contribution < -0.4 is 0 Å². The number of carbonyl (C=O) groups is 1. The molecule has 5 heteroatoms. The highest BCUT2D eigenvalue weighted by Gasteiger charge is 2.07. The molecule has 1 unspecified atom stereocenters. The van der Waals surface area contributed by atoms with Gasteiger partial charge in [-0.25, -0.2) is 4.79 Å². The van der Waals surface area contributed by atoms with Crippen LogP contribution in [0.25, 0.3) is 0 Å². The molecule has 0 aromatic carbocycles. The highest BCUT2D eigenvalue weighted by Crippen LogP contribution is 1.84. The Morgan fingerprint density at radius 2 is 1.92 bits per heavy atom. The molecule has 0 bridgehead atoms. The van der Waals surface area contributed by atoms with Crippen LogP contribution in [0.1, 0.15) is 20.8 Å². The first-order chi connectivity index (χ1) is 5.59. The van der Waals surface area contributed by atoms with Crippen molar-refractivity contribution in [3.8, 4) is 0 Å². The van der Waals surface area contributed by atoms with Crippen molar-refractivity contribution >= 4 is 16.5 Å². The molecule has 0 fully saturated rings. The van der Waals surface area contributed by atoms with E-state index in [1.54, 1.807) is 6.92 Å². The van der Waals surface area contributed by atoms with Gasteiger partial charge in [-0.3, -0.25) is 0 Å². The van der Waals surface area contributed by atoms with E-state index in [0.717, 1.165) is 17.1 Å². The van der Waals surface area contributed by atoms with Crippen molar-refractivity contribution in [2.75, 3.05) is 13.2 Å². The average molecular weight is 194 g/mol. The fraction of sp³-hybridized carbons (Fsp3) is 0.857. The number of aliphatic hydroxyl groups is 1. The second kappa shape index (κ2) is 10.6. The summed E-state index contributed by atoms with van der Waals surface area (Å²) in [6, 6.07) is 0. The maximum Gasteiger partial charge on any atom is 0.334 e. The van der Waals surface area contributed by atoms with Crippen LogP contribution in [0, 0.1) is 0 Å². The minimum absolute atomic E-state index is 0.323. The van der Waals surface area contributed by atoms with E-state index in [1.165, 1.54) is 6.92 Å². The van der Waals surface area contributed by atoms with E-state index in [2.05, 4.69) is 9.16 Å². The van der Waals surface area contributed by atoms with Gasteiger partial charge >= 0.3 is 5.97 Å². The van der Waals surface area contributed by atoms with Crippen LogP contribution in [0.4, 0.5) is 0 Å². The first kappa shape index (κ1) is 14.1. The van der Waals surface area contributed by atoms with Crippen LogP contribution in [0.15, 0.2) is 0 Å². The molecule has 4 nitrogen and oxygen atoms in total. The normalized spacial score (nSPS) is 11.3. The zero-order valence-electron chi connectivity index (χ0n) is 8.16. The molecule has 0 aromatic heterocycles. The Labute approximate surface area is 76.4 Å². The van der Waals surface area contributed by atoms with Gasteiger partial charge in [0.2, 0.25) is 0 Å². The molecule has 0 aliphatic rings. The van der Waals surface area contributed by atoms with E-state index >= 15 is 0 Å². The van der Waals surface area contributed by atoms with Gasteiger partial charge in [0.25, 0.3) is 0 Å². The summed E-state index contributed by atoms with van der Waals surface area (Å²) in [7, 11) is 0.890. The van der Waals surface area contributed by atoms with E-state index in [9.17, 15) is 4.79 Å². The lowest BCUT2D eigenvalue weighted by Gasteiger charge is -2.01. The summed E-state index contributed by atoms with van der Waals surface area (Å²) < 4.78 is 9.09. The molecule has 0 aliphatic carbocycles. The molecular formula is C7H18O4Si. The highest BCUT2D eigenvalue weighted by atomic mass is 28.2. The summed E-state index contributed by atoms with van der Waals surface area (Å²) in [6.07, 6.45) is -0.991. The van der Waals surface area contributed by atoms with Gasteiger partial charge in [-0.05, 0) is 20.8 Å². The van der Waals surface area contributed by atoms with Crippen LogP contribution in [0.3, 0.4) is 0 Å². The smallest absolute Gasteiger partial charge is 0.334 e. The van der Waals surface area contributed by atoms with Crippen LogP contribution >= 0.6 is 0 Å². The van der Waals surface area contributed by atoms with Crippen molar-refractivity contribution in [2.45, 2.75) is 26.9 Å². The van der Waals surface area contributed by atoms with E-state index < -0.39 is 12.1 Å². The van der Waals surface area contributed by atoms with Gasteiger partial charge in [0.05, 0.1) is 6.61 Å². The van der Waals surface area contributed by atoms with Gasteiger partial charge in [0.15, 0.2) is 0 Å². The molecule has 74 valence electrons. The lowest BCUT2D eigenvalue weighted by molar-refractivity contribution is -0.151. The molecule has 0 amide bonds. The topological polar surface area (TPSA) is 55.8 Å². The summed E-state index contributed by atoms with van der Waals surface area (Å²) in [5, 5.41) is 8.48. The maximum absolute atomic E-state index is 10.3. The maximum atomic E-state index is 10.3. The minimum Gasteiger partial charge on any atom is -0.464 e. The largest absolute Gasteiger partial charge is 0.464 e. The number of hydrogen-bond donors (Lipinski definition) is 1. The molecule has 0 aliphatic heterocycles. The molecule has 12 heavy (non-hydrogen) atoms. The van der Waals surface area contributed by atoms with Crippen LogP contribution in [-0.2, 0) is 14.0 Å². The molecule has 0 rings (SSSR count). The Morgan fingerprint density at radius 1 is 1.50 bits per heavy atom. The SMILES string of the molecule is CCOC(=O)C(C)O.CCO[SiH3]. The van der Waals surface area contributed by atoms with E-state index in [-0.39, 0.29) is 0 Å². The second-order valence-corrected chi connectivity index (χ2v) is 2.58. The molecule has 1 N–H and O–H groups in total. The first-order valence-corrected chi connectivity index (χ1v) is 4.75.